The fraction of sp³-hybridized carbons (Fsp3) is 0.267. The number of pyridine rings is 1. The maximum absolute atomic E-state index is 12.3. The molecule has 0 atom stereocenters. The second kappa shape index (κ2) is 6.23. The van der Waals surface area contributed by atoms with Crippen LogP contribution in [-0.2, 0) is 6.54 Å². The summed E-state index contributed by atoms with van der Waals surface area (Å²) in [6.07, 6.45) is -3.00. The average molecular weight is 354 g/mol. The summed E-state index contributed by atoms with van der Waals surface area (Å²) in [4.78, 5) is 17.5. The highest BCUT2D eigenvalue weighted by atomic mass is 32.1. The Morgan fingerprint density at radius 1 is 1.42 bits per heavy atom. The van der Waals surface area contributed by atoms with Crippen LogP contribution in [0.25, 0.3) is 11.0 Å². The Balaban J connectivity index is 1.94. The number of hydrogen-bond acceptors (Lipinski definition) is 4. The van der Waals surface area contributed by atoms with E-state index in [0.717, 1.165) is 4.88 Å². The first-order valence-corrected chi connectivity index (χ1v) is 7.92. The number of carbonyl (C=O) groups excluding carboxylic acids is 1. The Kier molecular flexibility index (Phi) is 4.27. The fourth-order valence-corrected chi connectivity index (χ4v) is 2.99. The zero-order valence-electron chi connectivity index (χ0n) is 12.6. The number of aryl methyl sites for hydroxylation is 1. The van der Waals surface area contributed by atoms with Gasteiger partial charge in [0.1, 0.15) is 6.54 Å². The van der Waals surface area contributed by atoms with Crippen molar-refractivity contribution < 1.29 is 18.0 Å². The molecule has 0 fully saturated rings. The van der Waals surface area contributed by atoms with Crippen LogP contribution in [0.2, 0.25) is 0 Å². The number of aromatic nitrogens is 3. The number of alkyl halides is 3. The van der Waals surface area contributed by atoms with Crippen LogP contribution >= 0.6 is 11.3 Å². The van der Waals surface area contributed by atoms with Crippen molar-refractivity contribution in [2.75, 3.05) is 6.54 Å². The van der Waals surface area contributed by atoms with E-state index in [1.807, 2.05) is 22.8 Å². The van der Waals surface area contributed by atoms with Crippen LogP contribution in [0, 0.1) is 6.92 Å². The third-order valence-electron chi connectivity index (χ3n) is 3.32. The molecule has 9 heteroatoms. The molecule has 24 heavy (non-hydrogen) atoms. The van der Waals surface area contributed by atoms with E-state index in [0.29, 0.717) is 23.3 Å². The summed E-state index contributed by atoms with van der Waals surface area (Å²) in [5.41, 5.74) is 1.15. The van der Waals surface area contributed by atoms with Gasteiger partial charge in [-0.2, -0.15) is 18.3 Å². The Morgan fingerprint density at radius 3 is 2.88 bits per heavy atom. The molecule has 3 aromatic rings. The van der Waals surface area contributed by atoms with Crippen LogP contribution in [0.1, 0.15) is 20.9 Å². The number of nitrogens with zero attached hydrogens (tertiary/aromatic N) is 3. The molecule has 1 N–H and O–H groups in total. The molecular formula is C15H13F3N4OS. The molecule has 0 radical (unpaired) electrons. The van der Waals surface area contributed by atoms with Crippen molar-refractivity contribution in [3.8, 4) is 0 Å². The summed E-state index contributed by atoms with van der Waals surface area (Å²) in [5, 5.41) is 8.48. The normalized spacial score (nSPS) is 11.8. The number of carbonyl (C=O) groups is 1. The Morgan fingerprint density at radius 2 is 2.21 bits per heavy atom. The van der Waals surface area contributed by atoms with Gasteiger partial charge < -0.3 is 5.32 Å². The highest BCUT2D eigenvalue weighted by molar-refractivity contribution is 7.09. The molecule has 1 amide bonds. The van der Waals surface area contributed by atoms with Crippen molar-refractivity contribution in [3.63, 3.8) is 0 Å². The molecular weight excluding hydrogens is 341 g/mol. The van der Waals surface area contributed by atoms with Crippen molar-refractivity contribution in [2.24, 2.45) is 0 Å². The van der Waals surface area contributed by atoms with Gasteiger partial charge in [0.2, 0.25) is 0 Å². The van der Waals surface area contributed by atoms with Gasteiger partial charge in [-0.3, -0.25) is 4.79 Å². The van der Waals surface area contributed by atoms with E-state index in [4.69, 9.17) is 0 Å². The smallest absolute Gasteiger partial charge is 0.343 e. The first-order valence-electron chi connectivity index (χ1n) is 7.04. The average Bonchev–Trinajstić information content (AvgIpc) is 3.14. The van der Waals surface area contributed by atoms with E-state index in [1.54, 1.807) is 22.9 Å². The highest BCUT2D eigenvalue weighted by Crippen LogP contribution is 2.21. The van der Waals surface area contributed by atoms with Crippen LogP contribution in [0.5, 0.6) is 0 Å². The van der Waals surface area contributed by atoms with E-state index in [2.05, 4.69) is 10.1 Å². The Labute approximate surface area is 139 Å². The molecule has 5 nitrogen and oxygen atoms in total. The molecule has 0 unspecified atom stereocenters. The quantitative estimate of drug-likeness (QED) is 0.783. The van der Waals surface area contributed by atoms with Gasteiger partial charge in [0.15, 0.2) is 5.65 Å². The van der Waals surface area contributed by atoms with E-state index >= 15 is 0 Å². The molecule has 0 aromatic carbocycles. The topological polar surface area (TPSA) is 59.8 Å². The second-order valence-electron chi connectivity index (χ2n) is 5.23. The first-order chi connectivity index (χ1) is 11.3. The predicted octanol–water partition coefficient (Wildman–Crippen LogP) is 3.14. The third-order valence-corrected chi connectivity index (χ3v) is 4.18. The molecule has 0 saturated carbocycles. The van der Waals surface area contributed by atoms with E-state index < -0.39 is 18.6 Å². The highest BCUT2D eigenvalue weighted by Gasteiger charge is 2.28. The monoisotopic (exact) mass is 354 g/mol. The van der Waals surface area contributed by atoms with E-state index in [9.17, 15) is 18.0 Å². The van der Waals surface area contributed by atoms with Crippen molar-refractivity contribution in [3.05, 3.63) is 45.9 Å². The molecule has 0 aliphatic carbocycles. The minimum Gasteiger partial charge on any atom is -0.343 e. The van der Waals surface area contributed by atoms with E-state index in [-0.39, 0.29) is 5.56 Å². The second-order valence-corrected chi connectivity index (χ2v) is 6.26. The van der Waals surface area contributed by atoms with Crippen LogP contribution < -0.4 is 5.32 Å². The molecule has 3 heterocycles. The largest absolute Gasteiger partial charge is 0.405 e. The fourth-order valence-electron chi connectivity index (χ4n) is 2.30. The van der Waals surface area contributed by atoms with Crippen LogP contribution in [0.3, 0.4) is 0 Å². The number of nitrogens with one attached hydrogen (secondary N) is 1. The van der Waals surface area contributed by atoms with Gasteiger partial charge >= 0.3 is 6.18 Å². The number of amides is 1. The van der Waals surface area contributed by atoms with Crippen molar-refractivity contribution in [2.45, 2.75) is 19.6 Å². The van der Waals surface area contributed by atoms with Gasteiger partial charge in [0.25, 0.3) is 5.91 Å². The summed E-state index contributed by atoms with van der Waals surface area (Å²) in [6, 6.07) is 5.33. The summed E-state index contributed by atoms with van der Waals surface area (Å²) in [6.45, 7) is 0.793. The Bertz CT molecular complexity index is 871. The minimum atomic E-state index is -4.46. The molecule has 0 aliphatic rings. The summed E-state index contributed by atoms with van der Waals surface area (Å²) in [5.74, 6) is -0.793. The molecule has 0 saturated heterocycles. The summed E-state index contributed by atoms with van der Waals surface area (Å²) < 4.78 is 38.5. The zero-order chi connectivity index (χ0) is 17.3. The molecule has 0 aliphatic heterocycles. The van der Waals surface area contributed by atoms with Crippen molar-refractivity contribution in [1.29, 1.82) is 0 Å². The van der Waals surface area contributed by atoms with Gasteiger partial charge in [-0.15, -0.1) is 11.3 Å². The van der Waals surface area contributed by atoms with Gasteiger partial charge in [-0.1, -0.05) is 6.07 Å². The van der Waals surface area contributed by atoms with Gasteiger partial charge in [0, 0.05) is 10.6 Å². The molecule has 3 aromatic heterocycles. The number of rotatable bonds is 4. The van der Waals surface area contributed by atoms with E-state index in [1.165, 1.54) is 12.3 Å². The zero-order valence-corrected chi connectivity index (χ0v) is 13.4. The lowest BCUT2D eigenvalue weighted by Gasteiger charge is -2.09. The summed E-state index contributed by atoms with van der Waals surface area (Å²) >= 11 is 1.56. The lowest BCUT2D eigenvalue weighted by Crippen LogP contribution is -2.33. The van der Waals surface area contributed by atoms with Crippen molar-refractivity contribution >= 4 is 28.3 Å². The number of fused-ring (bicyclic) bond motifs is 1. The SMILES string of the molecule is Cc1cc(C(=O)NCC(F)(F)F)c2cnn(Cc3cccs3)c2n1. The molecule has 0 spiro atoms. The maximum atomic E-state index is 12.3. The number of halogens is 3. The Hall–Kier alpha value is -2.42. The predicted molar refractivity (Wildman–Crippen MR) is 84.1 cm³/mol. The van der Waals surface area contributed by atoms with Gasteiger partial charge in [0.05, 0.1) is 23.7 Å². The maximum Gasteiger partial charge on any atom is 0.405 e. The molecule has 3 rings (SSSR count). The van der Waals surface area contributed by atoms with Crippen LogP contribution in [0.4, 0.5) is 13.2 Å². The van der Waals surface area contributed by atoms with Gasteiger partial charge in [-0.05, 0) is 24.4 Å². The standard InChI is InChI=1S/C15H13F3N4OS/c1-9-5-11(14(23)19-8-15(16,17)18)12-6-20-22(13(12)21-9)7-10-3-2-4-24-10/h2-6H,7-8H2,1H3,(H,19,23). The first kappa shape index (κ1) is 16.4. The molecule has 126 valence electrons. The minimum absolute atomic E-state index is 0.138. The van der Waals surface area contributed by atoms with Crippen LogP contribution in [0.15, 0.2) is 29.8 Å². The number of hydrogen-bond donors (Lipinski definition) is 1. The number of thiophene rings is 1. The van der Waals surface area contributed by atoms with Crippen molar-refractivity contribution in [1.82, 2.24) is 20.1 Å². The van der Waals surface area contributed by atoms with Gasteiger partial charge in [-0.25, -0.2) is 9.67 Å². The lowest BCUT2D eigenvalue weighted by atomic mass is 10.1. The third kappa shape index (κ3) is 3.56. The van der Waals surface area contributed by atoms with Crippen LogP contribution in [-0.4, -0.2) is 33.4 Å². The lowest BCUT2D eigenvalue weighted by molar-refractivity contribution is -0.123. The summed E-state index contributed by atoms with van der Waals surface area (Å²) in [7, 11) is 0. The molecule has 0 bridgehead atoms.